The van der Waals surface area contributed by atoms with Gasteiger partial charge in [-0.3, -0.25) is 9.59 Å². The van der Waals surface area contributed by atoms with E-state index in [1.54, 1.807) is 36.4 Å². The fourth-order valence-corrected chi connectivity index (χ4v) is 2.59. The standard InChI is InChI=1S/C20H16FN3O3/c21-14-3-1-2-13(10-14)17-11-18(27-24-17)20(26)23-16-8-6-15(7-9-16)22-19(25)12-4-5-12/h1-3,6-12H,4-5H2,(H,22,25)(H,23,26). The van der Waals surface area contributed by atoms with Gasteiger partial charge in [0, 0.05) is 28.9 Å². The number of halogens is 1. The Morgan fingerprint density at radius 2 is 1.70 bits per heavy atom. The monoisotopic (exact) mass is 365 g/mol. The molecule has 0 bridgehead atoms. The van der Waals surface area contributed by atoms with Crippen LogP contribution in [0.2, 0.25) is 0 Å². The zero-order valence-electron chi connectivity index (χ0n) is 14.2. The van der Waals surface area contributed by atoms with E-state index in [1.165, 1.54) is 18.2 Å². The second-order valence-electron chi connectivity index (χ2n) is 6.38. The van der Waals surface area contributed by atoms with Gasteiger partial charge in [0.05, 0.1) is 0 Å². The Morgan fingerprint density at radius 3 is 2.37 bits per heavy atom. The first-order chi connectivity index (χ1) is 13.1. The molecule has 0 radical (unpaired) electrons. The van der Waals surface area contributed by atoms with Crippen molar-refractivity contribution in [1.82, 2.24) is 5.16 Å². The molecule has 0 unspecified atom stereocenters. The topological polar surface area (TPSA) is 84.2 Å². The summed E-state index contributed by atoms with van der Waals surface area (Å²) < 4.78 is 18.4. The van der Waals surface area contributed by atoms with E-state index in [4.69, 9.17) is 4.52 Å². The lowest BCUT2D eigenvalue weighted by molar-refractivity contribution is -0.117. The van der Waals surface area contributed by atoms with Crippen molar-refractivity contribution < 1.29 is 18.5 Å². The van der Waals surface area contributed by atoms with Crippen LogP contribution in [0.3, 0.4) is 0 Å². The predicted octanol–water partition coefficient (Wildman–Crippen LogP) is 4.08. The average molecular weight is 365 g/mol. The van der Waals surface area contributed by atoms with Crippen molar-refractivity contribution in [2.75, 3.05) is 10.6 Å². The van der Waals surface area contributed by atoms with Gasteiger partial charge in [-0.2, -0.15) is 0 Å². The minimum absolute atomic E-state index is 0.0142. The van der Waals surface area contributed by atoms with E-state index in [0.717, 1.165) is 12.8 Å². The normalized spacial score (nSPS) is 13.2. The Balaban J connectivity index is 1.41. The average Bonchev–Trinajstić information content (AvgIpc) is 3.40. The molecule has 1 aliphatic rings. The molecule has 0 aliphatic heterocycles. The molecule has 2 aromatic carbocycles. The number of anilines is 2. The van der Waals surface area contributed by atoms with Crippen LogP contribution in [-0.2, 0) is 4.79 Å². The Labute approximate surface area is 154 Å². The van der Waals surface area contributed by atoms with Crippen LogP contribution < -0.4 is 10.6 Å². The molecular weight excluding hydrogens is 349 g/mol. The van der Waals surface area contributed by atoms with Gasteiger partial charge >= 0.3 is 0 Å². The van der Waals surface area contributed by atoms with Crippen molar-refractivity contribution in [1.29, 1.82) is 0 Å². The van der Waals surface area contributed by atoms with E-state index < -0.39 is 11.7 Å². The second-order valence-corrected chi connectivity index (χ2v) is 6.38. The molecule has 2 amide bonds. The number of nitrogens with zero attached hydrogens (tertiary/aromatic N) is 1. The summed E-state index contributed by atoms with van der Waals surface area (Å²) in [5, 5.41) is 9.33. The van der Waals surface area contributed by atoms with E-state index in [1.807, 2.05) is 0 Å². The van der Waals surface area contributed by atoms with E-state index >= 15 is 0 Å². The van der Waals surface area contributed by atoms with Gasteiger partial charge in [0.1, 0.15) is 11.5 Å². The third-order valence-electron chi connectivity index (χ3n) is 4.21. The molecule has 1 heterocycles. The highest BCUT2D eigenvalue weighted by molar-refractivity contribution is 6.03. The highest BCUT2D eigenvalue weighted by Crippen LogP contribution is 2.30. The lowest BCUT2D eigenvalue weighted by Gasteiger charge is -2.06. The maximum absolute atomic E-state index is 13.3. The molecule has 0 saturated heterocycles. The van der Waals surface area contributed by atoms with E-state index in [9.17, 15) is 14.0 Å². The van der Waals surface area contributed by atoms with Crippen LogP contribution in [-0.4, -0.2) is 17.0 Å². The van der Waals surface area contributed by atoms with Crippen LogP contribution in [0, 0.1) is 11.7 Å². The van der Waals surface area contributed by atoms with Crippen molar-refractivity contribution >= 4 is 23.2 Å². The van der Waals surface area contributed by atoms with Crippen LogP contribution in [0.25, 0.3) is 11.3 Å². The largest absolute Gasteiger partial charge is 0.350 e. The molecule has 1 aliphatic carbocycles. The SMILES string of the molecule is O=C(Nc1ccc(NC(=O)C2CC2)cc1)c1cc(-c2cccc(F)c2)no1. The number of benzene rings is 2. The number of aromatic nitrogens is 1. The highest BCUT2D eigenvalue weighted by atomic mass is 19.1. The van der Waals surface area contributed by atoms with Crippen LogP contribution in [0.15, 0.2) is 59.1 Å². The molecule has 4 rings (SSSR count). The summed E-state index contributed by atoms with van der Waals surface area (Å²) in [7, 11) is 0. The maximum Gasteiger partial charge on any atom is 0.294 e. The van der Waals surface area contributed by atoms with Crippen LogP contribution in [0.4, 0.5) is 15.8 Å². The van der Waals surface area contributed by atoms with Gasteiger partial charge in [-0.15, -0.1) is 0 Å². The molecule has 0 atom stereocenters. The molecular formula is C20H16FN3O3. The Hall–Kier alpha value is -3.48. The number of hydrogen-bond acceptors (Lipinski definition) is 4. The summed E-state index contributed by atoms with van der Waals surface area (Å²) in [5.41, 5.74) is 2.12. The van der Waals surface area contributed by atoms with Gasteiger partial charge in [0.25, 0.3) is 5.91 Å². The molecule has 1 aromatic heterocycles. The third-order valence-corrected chi connectivity index (χ3v) is 4.21. The van der Waals surface area contributed by atoms with Crippen LogP contribution in [0.1, 0.15) is 23.4 Å². The Bertz CT molecular complexity index is 994. The number of rotatable bonds is 5. The first kappa shape index (κ1) is 17.0. The summed E-state index contributed by atoms with van der Waals surface area (Å²) in [6, 6.07) is 14.1. The fourth-order valence-electron chi connectivity index (χ4n) is 2.59. The molecule has 0 spiro atoms. The van der Waals surface area contributed by atoms with Crippen molar-refractivity contribution in [3.8, 4) is 11.3 Å². The van der Waals surface area contributed by atoms with Crippen molar-refractivity contribution in [3.63, 3.8) is 0 Å². The summed E-state index contributed by atoms with van der Waals surface area (Å²) in [6.07, 6.45) is 1.88. The molecule has 1 saturated carbocycles. The molecule has 6 nitrogen and oxygen atoms in total. The quantitative estimate of drug-likeness (QED) is 0.713. The van der Waals surface area contributed by atoms with Gasteiger partial charge < -0.3 is 15.2 Å². The highest BCUT2D eigenvalue weighted by Gasteiger charge is 2.29. The summed E-state index contributed by atoms with van der Waals surface area (Å²) >= 11 is 0. The van der Waals surface area contributed by atoms with E-state index in [2.05, 4.69) is 15.8 Å². The smallest absolute Gasteiger partial charge is 0.294 e. The van der Waals surface area contributed by atoms with Crippen LogP contribution in [0.5, 0.6) is 0 Å². The van der Waals surface area contributed by atoms with E-state index in [0.29, 0.717) is 22.6 Å². The number of hydrogen-bond donors (Lipinski definition) is 2. The number of carbonyl (C=O) groups excluding carboxylic acids is 2. The summed E-state index contributed by atoms with van der Waals surface area (Å²) in [4.78, 5) is 24.0. The lowest BCUT2D eigenvalue weighted by atomic mass is 10.1. The zero-order chi connectivity index (χ0) is 18.8. The van der Waals surface area contributed by atoms with E-state index in [-0.39, 0.29) is 17.6 Å². The maximum atomic E-state index is 13.3. The lowest BCUT2D eigenvalue weighted by Crippen LogP contribution is -2.13. The first-order valence-corrected chi connectivity index (χ1v) is 8.53. The van der Waals surface area contributed by atoms with Crippen molar-refractivity contribution in [3.05, 3.63) is 66.2 Å². The summed E-state index contributed by atoms with van der Waals surface area (Å²) in [5.74, 6) is -0.697. The molecule has 136 valence electrons. The molecule has 2 N–H and O–H groups in total. The zero-order valence-corrected chi connectivity index (χ0v) is 14.2. The molecule has 1 fully saturated rings. The van der Waals surface area contributed by atoms with Crippen LogP contribution >= 0.6 is 0 Å². The van der Waals surface area contributed by atoms with Gasteiger partial charge in [-0.1, -0.05) is 17.3 Å². The Kier molecular flexibility index (Phi) is 4.42. The number of amides is 2. The van der Waals surface area contributed by atoms with Gasteiger partial charge in [-0.05, 0) is 49.2 Å². The minimum atomic E-state index is -0.472. The minimum Gasteiger partial charge on any atom is -0.350 e. The first-order valence-electron chi connectivity index (χ1n) is 8.53. The molecule has 27 heavy (non-hydrogen) atoms. The molecule has 3 aromatic rings. The van der Waals surface area contributed by atoms with Gasteiger partial charge in [0.15, 0.2) is 0 Å². The second kappa shape index (κ2) is 7.03. The Morgan fingerprint density at radius 1 is 1.00 bits per heavy atom. The number of carbonyl (C=O) groups is 2. The third kappa shape index (κ3) is 4.03. The van der Waals surface area contributed by atoms with Crippen molar-refractivity contribution in [2.24, 2.45) is 5.92 Å². The predicted molar refractivity (Wildman–Crippen MR) is 97.6 cm³/mol. The number of nitrogens with one attached hydrogen (secondary N) is 2. The van der Waals surface area contributed by atoms with Gasteiger partial charge in [0.2, 0.25) is 11.7 Å². The van der Waals surface area contributed by atoms with Gasteiger partial charge in [-0.25, -0.2) is 4.39 Å². The summed E-state index contributed by atoms with van der Waals surface area (Å²) in [6.45, 7) is 0. The molecule has 7 heteroatoms. The van der Waals surface area contributed by atoms with Crippen molar-refractivity contribution in [2.45, 2.75) is 12.8 Å². The fraction of sp³-hybridized carbons (Fsp3) is 0.150.